The minimum Gasteiger partial charge on any atom is -1.00 e. The molecule has 1 aliphatic carbocycles. The van der Waals surface area contributed by atoms with Crippen LogP contribution in [0.1, 0.15) is 6.42 Å². The topological polar surface area (TPSA) is 0 Å². The Morgan fingerprint density at radius 1 is 1.33 bits per heavy atom. The molecule has 0 saturated carbocycles. The maximum Gasteiger partial charge on any atom is 0 e. The second-order valence-electron chi connectivity index (χ2n) is 1.46. The predicted octanol–water partition coefficient (Wildman–Crippen LogP) is -4.29. The van der Waals surface area contributed by atoms with Crippen molar-refractivity contribution in [2.45, 2.75) is 6.42 Å². The summed E-state index contributed by atoms with van der Waals surface area (Å²) in [4.78, 5) is 0. The van der Waals surface area contributed by atoms with Gasteiger partial charge in [-0.2, -0.15) is 0 Å². The van der Waals surface area contributed by atoms with Crippen molar-refractivity contribution in [2.75, 3.05) is 0 Å². The van der Waals surface area contributed by atoms with Crippen molar-refractivity contribution in [2.24, 2.45) is 0 Å². The number of rotatable bonds is 0. The number of hydrogen-bond donors (Lipinski definition) is 0. The van der Waals surface area contributed by atoms with Crippen molar-refractivity contribution in [3.8, 4) is 0 Å². The van der Waals surface area contributed by atoms with Gasteiger partial charge in [-0.25, -0.2) is 18.6 Å². The Hall–Kier alpha value is 0.800. The van der Waals surface area contributed by atoms with E-state index in [0.717, 1.165) is 6.42 Å². The molecule has 0 unspecified atom stereocenters. The Labute approximate surface area is 87.4 Å². The van der Waals surface area contributed by atoms with Crippen LogP contribution in [0.4, 0.5) is 0 Å². The Bertz CT molecular complexity index is 108. The van der Waals surface area contributed by atoms with Gasteiger partial charge in [-0.1, -0.05) is 0 Å². The van der Waals surface area contributed by atoms with Crippen LogP contribution in [0.25, 0.3) is 0 Å². The van der Waals surface area contributed by atoms with Crippen LogP contribution in [0, 0.1) is 6.92 Å². The summed E-state index contributed by atoms with van der Waals surface area (Å²) in [6.45, 7) is 3.74. The van der Waals surface area contributed by atoms with Gasteiger partial charge in [0.1, 0.15) is 0 Å². The summed E-state index contributed by atoms with van der Waals surface area (Å²) in [5.74, 6) is 0. The average molecular weight is 329 g/mol. The van der Waals surface area contributed by atoms with Crippen molar-refractivity contribution < 1.29 is 50.7 Å². The van der Waals surface area contributed by atoms with E-state index >= 15 is 0 Å². The van der Waals surface area contributed by atoms with Crippen molar-refractivity contribution in [3.05, 3.63) is 30.7 Å². The van der Waals surface area contributed by atoms with E-state index in [-0.39, 0.29) is 50.7 Å². The predicted molar refractivity (Wildman–Crippen MR) is 27.2 cm³/mol. The van der Waals surface area contributed by atoms with E-state index in [1.54, 1.807) is 0 Å². The van der Waals surface area contributed by atoms with Gasteiger partial charge in [0.25, 0.3) is 0 Å². The molecule has 0 atom stereocenters. The van der Waals surface area contributed by atoms with Gasteiger partial charge in [-0.05, 0) is 6.42 Å². The van der Waals surface area contributed by atoms with E-state index < -0.39 is 0 Å². The fourth-order valence-corrected chi connectivity index (χ4v) is 0.492. The Balaban J connectivity index is -0.000000120. The van der Waals surface area contributed by atoms with Crippen molar-refractivity contribution in [1.29, 1.82) is 0 Å². The summed E-state index contributed by atoms with van der Waals surface area (Å²) >= 11 is 0. The number of halogens is 2. The second-order valence-corrected chi connectivity index (χ2v) is 1.46. The quantitative estimate of drug-likeness (QED) is 0.312. The number of allylic oxidation sites excluding steroid dienone is 4. The van der Waals surface area contributed by atoms with Crippen molar-refractivity contribution in [1.82, 2.24) is 0 Å². The van der Waals surface area contributed by atoms with Crippen LogP contribution < -0.4 is 24.8 Å². The molecule has 0 spiro atoms. The molecule has 0 heterocycles. The SMILES string of the molecule is [CH2-]C1=CC=CC1.[Cl-].[Cl-].[Hf]. The summed E-state index contributed by atoms with van der Waals surface area (Å²) in [5.41, 5.74) is 1.22. The Morgan fingerprint density at radius 3 is 2.00 bits per heavy atom. The van der Waals surface area contributed by atoms with Gasteiger partial charge in [0.2, 0.25) is 0 Å². The molecule has 3 heteroatoms. The van der Waals surface area contributed by atoms with Crippen LogP contribution in [0.15, 0.2) is 23.8 Å². The standard InChI is InChI=1S/C6H7.2ClH.Hf/c1-6-4-2-3-5-6;;;/h2-4H,1,5H2;2*1H;/q-1;;;/p-2. The fourth-order valence-electron chi connectivity index (χ4n) is 0.492. The summed E-state index contributed by atoms with van der Waals surface area (Å²) in [6, 6.07) is 0. The van der Waals surface area contributed by atoms with E-state index in [1.807, 2.05) is 12.2 Å². The molecule has 0 bridgehead atoms. The molecule has 0 aromatic carbocycles. The third-order valence-corrected chi connectivity index (χ3v) is 0.848. The van der Waals surface area contributed by atoms with Gasteiger partial charge in [-0.3, -0.25) is 0 Å². The zero-order valence-electron chi connectivity index (χ0n) is 4.90. The van der Waals surface area contributed by atoms with Crippen LogP contribution in [-0.4, -0.2) is 0 Å². The van der Waals surface area contributed by atoms with Crippen LogP contribution in [0.2, 0.25) is 0 Å². The largest absolute Gasteiger partial charge is 1.00 e. The normalized spacial score (nSPS) is 12.2. The summed E-state index contributed by atoms with van der Waals surface area (Å²) in [6.07, 6.45) is 7.21. The molecule has 0 N–H and O–H groups in total. The van der Waals surface area contributed by atoms with Crippen molar-refractivity contribution >= 4 is 0 Å². The van der Waals surface area contributed by atoms with E-state index in [4.69, 9.17) is 0 Å². The summed E-state index contributed by atoms with van der Waals surface area (Å²) < 4.78 is 0. The molecule has 0 radical (unpaired) electrons. The van der Waals surface area contributed by atoms with Crippen LogP contribution in [0.5, 0.6) is 0 Å². The first-order chi connectivity index (χ1) is 2.89. The van der Waals surface area contributed by atoms with Gasteiger partial charge in [0, 0.05) is 25.8 Å². The van der Waals surface area contributed by atoms with E-state index in [1.165, 1.54) is 5.57 Å². The molecule has 0 aromatic rings. The zero-order chi connectivity index (χ0) is 4.41. The monoisotopic (exact) mass is 329 g/mol. The molecule has 1 aliphatic rings. The minimum absolute atomic E-state index is 0. The zero-order valence-corrected chi connectivity index (χ0v) is 10.0. The van der Waals surface area contributed by atoms with Crippen LogP contribution in [-0.2, 0) is 25.8 Å². The molecule has 9 heavy (non-hydrogen) atoms. The van der Waals surface area contributed by atoms with E-state index in [0.29, 0.717) is 0 Å². The van der Waals surface area contributed by atoms with E-state index in [2.05, 4.69) is 13.0 Å². The maximum atomic E-state index is 3.74. The number of hydrogen-bond acceptors (Lipinski definition) is 0. The smallest absolute Gasteiger partial charge is 0 e. The van der Waals surface area contributed by atoms with Crippen molar-refractivity contribution in [3.63, 3.8) is 0 Å². The van der Waals surface area contributed by atoms with Gasteiger partial charge in [0.05, 0.1) is 0 Å². The molecule has 0 aromatic heterocycles. The second kappa shape index (κ2) is 8.80. The summed E-state index contributed by atoms with van der Waals surface area (Å²) in [7, 11) is 0. The van der Waals surface area contributed by atoms with Crippen LogP contribution >= 0.6 is 0 Å². The molecule has 0 amide bonds. The van der Waals surface area contributed by atoms with Crippen LogP contribution in [0.3, 0.4) is 0 Å². The molecule has 0 fully saturated rings. The third kappa shape index (κ3) is 6.69. The first kappa shape index (κ1) is 16.4. The average Bonchev–Trinajstić information content (AvgIpc) is 1.86. The maximum absolute atomic E-state index is 3.74. The van der Waals surface area contributed by atoms with Gasteiger partial charge < -0.3 is 24.8 Å². The van der Waals surface area contributed by atoms with E-state index in [9.17, 15) is 0 Å². The molecular weight excluding hydrogens is 321 g/mol. The van der Waals surface area contributed by atoms with Gasteiger partial charge in [-0.15, -0.1) is 12.2 Å². The Morgan fingerprint density at radius 2 is 1.89 bits per heavy atom. The summed E-state index contributed by atoms with van der Waals surface area (Å²) in [5, 5.41) is 0. The third-order valence-electron chi connectivity index (χ3n) is 0.848. The molecular formula is C6H7Cl2Hf-3. The molecule has 0 aliphatic heterocycles. The van der Waals surface area contributed by atoms with Gasteiger partial charge in [0.15, 0.2) is 0 Å². The molecule has 52 valence electrons. The first-order valence-electron chi connectivity index (χ1n) is 2.07. The Kier molecular flexibility index (Phi) is 16.0. The minimum atomic E-state index is 0. The fraction of sp³-hybridized carbons (Fsp3) is 0.167. The molecule has 0 saturated heterocycles. The first-order valence-corrected chi connectivity index (χ1v) is 2.07. The molecule has 1 rings (SSSR count). The van der Waals surface area contributed by atoms with Gasteiger partial charge >= 0.3 is 0 Å². The molecule has 0 nitrogen and oxygen atoms in total.